The van der Waals surface area contributed by atoms with E-state index in [2.05, 4.69) is 26.0 Å². The lowest BCUT2D eigenvalue weighted by Gasteiger charge is -2.13. The van der Waals surface area contributed by atoms with Gasteiger partial charge in [-0.1, -0.05) is 28.8 Å². The van der Waals surface area contributed by atoms with Crippen LogP contribution in [0.3, 0.4) is 0 Å². The molecule has 1 fully saturated rings. The van der Waals surface area contributed by atoms with Gasteiger partial charge in [0, 0.05) is 17.6 Å². The van der Waals surface area contributed by atoms with Crippen LogP contribution in [0.2, 0.25) is 0 Å². The maximum Gasteiger partial charge on any atom is 0.240 e. The lowest BCUT2D eigenvalue weighted by Crippen LogP contribution is -2.26. The van der Waals surface area contributed by atoms with Gasteiger partial charge < -0.3 is 5.32 Å². The summed E-state index contributed by atoms with van der Waals surface area (Å²) in [5.74, 6) is 0.723. The first-order chi connectivity index (χ1) is 9.44. The van der Waals surface area contributed by atoms with Crippen molar-refractivity contribution in [1.29, 1.82) is 0 Å². The number of nitrogens with one attached hydrogen (secondary N) is 2. The van der Waals surface area contributed by atoms with Crippen molar-refractivity contribution < 1.29 is 8.42 Å². The van der Waals surface area contributed by atoms with E-state index in [0.717, 1.165) is 27.9 Å². The summed E-state index contributed by atoms with van der Waals surface area (Å²) in [6, 6.07) is 3.70. The van der Waals surface area contributed by atoms with Crippen LogP contribution in [0.5, 0.6) is 0 Å². The molecule has 2 rings (SSSR count). The van der Waals surface area contributed by atoms with Gasteiger partial charge in [0.1, 0.15) is 0 Å². The van der Waals surface area contributed by atoms with Crippen LogP contribution in [0.4, 0.5) is 0 Å². The van der Waals surface area contributed by atoms with Crippen LogP contribution in [-0.2, 0) is 16.6 Å². The third kappa shape index (κ3) is 4.04. The van der Waals surface area contributed by atoms with Gasteiger partial charge in [0.2, 0.25) is 10.0 Å². The van der Waals surface area contributed by atoms with Crippen molar-refractivity contribution in [1.82, 2.24) is 10.0 Å². The fourth-order valence-electron chi connectivity index (χ4n) is 2.17. The maximum atomic E-state index is 12.4. The summed E-state index contributed by atoms with van der Waals surface area (Å²) < 4.78 is 28.4. The minimum absolute atomic E-state index is 0.368. The van der Waals surface area contributed by atoms with Crippen LogP contribution < -0.4 is 10.0 Å². The molecule has 0 aromatic heterocycles. The Labute approximate surface area is 129 Å². The number of rotatable bonds is 7. The molecule has 20 heavy (non-hydrogen) atoms. The van der Waals surface area contributed by atoms with E-state index in [1.807, 2.05) is 20.0 Å². The van der Waals surface area contributed by atoms with Crippen LogP contribution in [0.1, 0.15) is 30.4 Å². The molecule has 0 unspecified atom stereocenters. The first kappa shape index (κ1) is 15.9. The van der Waals surface area contributed by atoms with Crippen molar-refractivity contribution in [2.24, 2.45) is 5.92 Å². The Hall–Kier alpha value is -0.430. The number of hydrogen-bond donors (Lipinski definition) is 2. The van der Waals surface area contributed by atoms with E-state index in [4.69, 9.17) is 0 Å². The largest absolute Gasteiger partial charge is 0.316 e. The molecule has 0 bridgehead atoms. The van der Waals surface area contributed by atoms with E-state index >= 15 is 0 Å². The fraction of sp³-hybridized carbons (Fsp3) is 0.571. The molecule has 2 N–H and O–H groups in total. The van der Waals surface area contributed by atoms with E-state index in [1.165, 1.54) is 12.8 Å². The number of hydrogen-bond acceptors (Lipinski definition) is 3. The molecule has 1 aromatic carbocycles. The third-order valence-corrected chi connectivity index (χ3v) is 5.98. The smallest absolute Gasteiger partial charge is 0.240 e. The molecule has 1 aliphatic carbocycles. The van der Waals surface area contributed by atoms with Gasteiger partial charge >= 0.3 is 0 Å². The zero-order valence-electron chi connectivity index (χ0n) is 11.9. The second-order valence-corrected chi connectivity index (χ2v) is 7.95. The van der Waals surface area contributed by atoms with Gasteiger partial charge in [0.25, 0.3) is 0 Å². The molecule has 0 heterocycles. The molecular formula is C14H21BrN2O2S. The third-order valence-electron chi connectivity index (χ3n) is 3.57. The minimum Gasteiger partial charge on any atom is -0.316 e. The number of sulfonamides is 1. The molecular weight excluding hydrogens is 340 g/mol. The van der Waals surface area contributed by atoms with Crippen molar-refractivity contribution in [3.63, 3.8) is 0 Å². The normalized spacial score (nSPS) is 15.6. The predicted molar refractivity (Wildman–Crippen MR) is 84.2 cm³/mol. The van der Waals surface area contributed by atoms with Crippen molar-refractivity contribution in [2.45, 2.75) is 37.6 Å². The highest BCUT2D eigenvalue weighted by Gasteiger charge is 2.23. The summed E-state index contributed by atoms with van der Waals surface area (Å²) in [5.41, 5.74) is 1.70. The van der Waals surface area contributed by atoms with E-state index < -0.39 is 10.0 Å². The topological polar surface area (TPSA) is 58.2 Å². The Bertz CT molecular complexity index is 583. The lowest BCUT2D eigenvalue weighted by molar-refractivity contribution is 0.574. The van der Waals surface area contributed by atoms with E-state index in [9.17, 15) is 8.42 Å². The van der Waals surface area contributed by atoms with Crippen LogP contribution in [0.15, 0.2) is 21.5 Å². The quantitative estimate of drug-likeness (QED) is 0.785. The van der Waals surface area contributed by atoms with Crippen LogP contribution in [0, 0.1) is 12.8 Å². The molecule has 0 spiro atoms. The minimum atomic E-state index is -3.43. The van der Waals surface area contributed by atoms with Gasteiger partial charge in [-0.15, -0.1) is 0 Å². The SMILES string of the molecule is CNCc1cc(Br)c(C)c(S(=O)(=O)NCCC2CC2)c1. The summed E-state index contributed by atoms with van der Waals surface area (Å²) in [5, 5.41) is 3.04. The predicted octanol–water partition coefficient (Wildman–Crippen LogP) is 2.56. The lowest BCUT2D eigenvalue weighted by atomic mass is 10.1. The standard InChI is InChI=1S/C14H21BrN2O2S/c1-10-13(15)7-12(9-16-2)8-14(10)20(18,19)17-6-5-11-3-4-11/h7-8,11,16-17H,3-6,9H2,1-2H3. The second-order valence-electron chi connectivity index (χ2n) is 5.36. The van der Waals surface area contributed by atoms with Crippen LogP contribution >= 0.6 is 15.9 Å². The first-order valence-electron chi connectivity index (χ1n) is 6.87. The summed E-state index contributed by atoms with van der Waals surface area (Å²) >= 11 is 3.44. The van der Waals surface area contributed by atoms with E-state index in [-0.39, 0.29) is 0 Å². The molecule has 1 aromatic rings. The van der Waals surface area contributed by atoms with Gasteiger partial charge in [0.05, 0.1) is 4.90 Å². The van der Waals surface area contributed by atoms with Crippen LogP contribution in [0.25, 0.3) is 0 Å². The Kier molecular flexibility index (Phi) is 5.23. The highest BCUT2D eigenvalue weighted by Crippen LogP contribution is 2.32. The molecule has 0 atom stereocenters. The summed E-state index contributed by atoms with van der Waals surface area (Å²) in [4.78, 5) is 0.368. The zero-order valence-corrected chi connectivity index (χ0v) is 14.3. The molecule has 112 valence electrons. The molecule has 0 saturated heterocycles. The molecule has 0 aliphatic heterocycles. The Morgan fingerprint density at radius 1 is 1.35 bits per heavy atom. The maximum absolute atomic E-state index is 12.4. The van der Waals surface area contributed by atoms with Crippen molar-refractivity contribution in [3.05, 3.63) is 27.7 Å². The molecule has 0 radical (unpaired) electrons. The number of benzene rings is 1. The summed E-state index contributed by atoms with van der Waals surface area (Å²) in [6.45, 7) is 2.99. The first-order valence-corrected chi connectivity index (χ1v) is 9.15. The Balaban J connectivity index is 2.19. The van der Waals surface area contributed by atoms with Crippen molar-refractivity contribution >= 4 is 26.0 Å². The summed E-state index contributed by atoms with van der Waals surface area (Å²) in [6.07, 6.45) is 3.42. The van der Waals surface area contributed by atoms with E-state index in [1.54, 1.807) is 6.07 Å². The highest BCUT2D eigenvalue weighted by molar-refractivity contribution is 9.10. The van der Waals surface area contributed by atoms with Gasteiger partial charge in [-0.3, -0.25) is 0 Å². The highest BCUT2D eigenvalue weighted by atomic mass is 79.9. The van der Waals surface area contributed by atoms with Gasteiger partial charge in [-0.2, -0.15) is 0 Å². The Morgan fingerprint density at radius 2 is 2.05 bits per heavy atom. The summed E-state index contributed by atoms with van der Waals surface area (Å²) in [7, 11) is -1.59. The van der Waals surface area contributed by atoms with Crippen molar-refractivity contribution in [2.75, 3.05) is 13.6 Å². The average Bonchev–Trinajstić information content (AvgIpc) is 3.17. The molecule has 0 amide bonds. The van der Waals surface area contributed by atoms with Crippen LogP contribution in [-0.4, -0.2) is 22.0 Å². The second kappa shape index (κ2) is 6.56. The average molecular weight is 361 g/mol. The number of halogens is 1. The fourth-order valence-corrected chi connectivity index (χ4v) is 4.17. The molecule has 4 nitrogen and oxygen atoms in total. The molecule has 1 aliphatic rings. The van der Waals surface area contributed by atoms with Gasteiger partial charge in [-0.25, -0.2) is 13.1 Å². The molecule has 6 heteroatoms. The van der Waals surface area contributed by atoms with Crippen molar-refractivity contribution in [3.8, 4) is 0 Å². The Morgan fingerprint density at radius 3 is 2.65 bits per heavy atom. The van der Waals surface area contributed by atoms with Gasteiger partial charge in [0.15, 0.2) is 0 Å². The van der Waals surface area contributed by atoms with E-state index in [0.29, 0.717) is 18.0 Å². The monoisotopic (exact) mass is 360 g/mol. The van der Waals surface area contributed by atoms with Gasteiger partial charge in [-0.05, 0) is 49.6 Å². The zero-order chi connectivity index (χ0) is 14.8. The molecule has 1 saturated carbocycles.